The lowest BCUT2D eigenvalue weighted by Crippen LogP contribution is -2.09. The monoisotopic (exact) mass is 1830 g/mol. The van der Waals surface area contributed by atoms with Crippen LogP contribution in [0.2, 0.25) is 0 Å². The second-order valence-electron chi connectivity index (χ2n) is 34.4. The predicted molar refractivity (Wildman–Crippen MR) is 536 cm³/mol. The standard InChI is InChI=1S/C116H70F6N18/c1-65-125-66(2)128-111(127-65)75-45-51-98-89(54-75)84-35-19-23-39-96(84)137(98)103-61-80(62-104(91(103)63-123)138-97-40-24-20-36-85(97)90-55-76(46-52-99(90)138)112-129-67(3)126-68(4)130-112)82-47-41-74(56-94(82)116(120,121)122)73-44-50-100-88(53-73)87-49-43-78(114-135-109(71-29-13-7-14-30-71)132-110(136-114)72-31-15-8-16-32-72)58-102(87)140(100)106-60-79(81-33-17-21-37-93(81)115(117,118)119)59-105(92(106)64-124)139-95-38-22-18-34-83(95)86-48-42-77(57-101(86)139)113-133-107(69-25-9-5-10-26-69)131-108(134-113)70-27-11-6-12-28-70/h5-62H,1-4H3. The number of halogens is 6. The van der Waals surface area contributed by atoms with Crippen molar-refractivity contribution in [3.63, 3.8) is 0 Å². The van der Waals surface area contributed by atoms with Gasteiger partial charge in [0, 0.05) is 87.6 Å². The molecule has 0 aliphatic rings. The molecule has 0 fully saturated rings. The van der Waals surface area contributed by atoms with Crippen LogP contribution in [0, 0.1) is 50.4 Å². The van der Waals surface area contributed by atoms with Crippen LogP contribution in [0.4, 0.5) is 26.3 Å². The fourth-order valence-electron chi connectivity index (χ4n) is 19.7. The fraction of sp³-hybridized carbons (Fsp3) is 0.0517. The van der Waals surface area contributed by atoms with Crippen LogP contribution in [0.15, 0.2) is 352 Å². The third-order valence-electron chi connectivity index (χ3n) is 25.8. The van der Waals surface area contributed by atoms with Crippen LogP contribution >= 0.6 is 0 Å². The number of nitrogens with zero attached hydrogens (tertiary/aromatic N) is 18. The molecule has 140 heavy (non-hydrogen) atoms. The van der Waals surface area contributed by atoms with Crippen molar-refractivity contribution in [2.24, 2.45) is 0 Å². The highest BCUT2D eigenvalue weighted by molar-refractivity contribution is 6.16. The van der Waals surface area contributed by atoms with Crippen molar-refractivity contribution < 1.29 is 26.3 Å². The highest BCUT2D eigenvalue weighted by Crippen LogP contribution is 2.50. The van der Waals surface area contributed by atoms with E-state index in [1.807, 2.05) is 285 Å². The Hall–Kier alpha value is -18.7. The first-order valence-corrected chi connectivity index (χ1v) is 45.1. The Morgan fingerprint density at radius 1 is 0.200 bits per heavy atom. The summed E-state index contributed by atoms with van der Waals surface area (Å²) in [7, 11) is 0. The van der Waals surface area contributed by atoms with Gasteiger partial charge in [-0.25, -0.2) is 59.8 Å². The molecule has 0 radical (unpaired) electrons. The summed E-state index contributed by atoms with van der Waals surface area (Å²) in [5, 5.41) is 30.3. The zero-order valence-corrected chi connectivity index (χ0v) is 74.8. The van der Waals surface area contributed by atoms with Gasteiger partial charge < -0.3 is 18.3 Å². The van der Waals surface area contributed by atoms with Crippen LogP contribution < -0.4 is 0 Å². The summed E-state index contributed by atoms with van der Waals surface area (Å²) in [5.41, 5.74) is 9.31. The van der Waals surface area contributed by atoms with Gasteiger partial charge in [-0.15, -0.1) is 0 Å². The summed E-state index contributed by atoms with van der Waals surface area (Å²) in [6.07, 6.45) is -9.95. The van der Waals surface area contributed by atoms with Gasteiger partial charge in [0.05, 0.1) is 78.0 Å². The number of fused-ring (bicyclic) bond motifs is 12. The van der Waals surface area contributed by atoms with E-state index in [4.69, 9.17) is 49.8 Å². The van der Waals surface area contributed by atoms with E-state index >= 15 is 26.3 Å². The number of hydrogen-bond acceptors (Lipinski definition) is 14. The van der Waals surface area contributed by atoms with Crippen molar-refractivity contribution in [3.8, 4) is 159 Å². The number of alkyl halides is 6. The van der Waals surface area contributed by atoms with Gasteiger partial charge in [0.1, 0.15) is 46.6 Å². The molecule has 0 spiro atoms. The van der Waals surface area contributed by atoms with Crippen LogP contribution in [-0.2, 0) is 12.4 Å². The molecular weight excluding hydrogens is 1760 g/mol. The summed E-state index contributed by atoms with van der Waals surface area (Å²) < 4.78 is 108. The third-order valence-corrected chi connectivity index (χ3v) is 25.8. The van der Waals surface area contributed by atoms with Crippen molar-refractivity contribution in [2.75, 3.05) is 0 Å². The Bertz CT molecular complexity index is 9030. The summed E-state index contributed by atoms with van der Waals surface area (Å²) in [6, 6.07) is 111. The highest BCUT2D eigenvalue weighted by atomic mass is 19.4. The normalized spacial score (nSPS) is 11.9. The zero-order valence-electron chi connectivity index (χ0n) is 74.8. The molecule has 0 N–H and O–H groups in total. The first-order chi connectivity index (χ1) is 68.2. The summed E-state index contributed by atoms with van der Waals surface area (Å²) in [6.45, 7) is 7.20. The maximum atomic E-state index is 17.3. The van der Waals surface area contributed by atoms with E-state index in [1.165, 1.54) is 24.3 Å². The molecule has 16 aromatic carbocycles. The molecule has 0 saturated carbocycles. The van der Waals surface area contributed by atoms with Crippen LogP contribution in [0.1, 0.15) is 45.6 Å². The quantitative estimate of drug-likeness (QED) is 0.0871. The third kappa shape index (κ3) is 14.5. The second kappa shape index (κ2) is 33.2. The molecule has 0 saturated heterocycles. The van der Waals surface area contributed by atoms with Gasteiger partial charge in [-0.1, -0.05) is 237 Å². The largest absolute Gasteiger partial charge is 0.417 e. The summed E-state index contributed by atoms with van der Waals surface area (Å²) >= 11 is 0. The lowest BCUT2D eigenvalue weighted by atomic mass is 9.92. The molecule has 0 atom stereocenters. The van der Waals surface area contributed by atoms with Crippen molar-refractivity contribution in [1.82, 2.24) is 78.1 Å². The predicted octanol–water partition coefficient (Wildman–Crippen LogP) is 28.2. The minimum Gasteiger partial charge on any atom is -0.308 e. The number of para-hydroxylation sites is 3. The average Bonchev–Trinajstić information content (AvgIpc) is 1.62. The van der Waals surface area contributed by atoms with Gasteiger partial charge in [-0.3, -0.25) is 0 Å². The number of nitriles is 2. The second-order valence-corrected chi connectivity index (χ2v) is 34.4. The first kappa shape index (κ1) is 84.3. The zero-order chi connectivity index (χ0) is 95.1. The van der Waals surface area contributed by atoms with E-state index in [-0.39, 0.29) is 67.5 Å². The highest BCUT2D eigenvalue weighted by Gasteiger charge is 2.38. The Balaban J connectivity index is 0.743. The topological polar surface area (TPSA) is 222 Å². The Morgan fingerprint density at radius 2 is 0.457 bits per heavy atom. The molecule has 8 aromatic heterocycles. The summed E-state index contributed by atoms with van der Waals surface area (Å²) in [5.74, 6) is 5.13. The number of benzene rings is 16. The van der Waals surface area contributed by atoms with Crippen molar-refractivity contribution in [2.45, 2.75) is 40.0 Å². The molecule has 0 bridgehead atoms. The van der Waals surface area contributed by atoms with Crippen LogP contribution in [0.25, 0.3) is 234 Å². The van der Waals surface area contributed by atoms with E-state index in [0.29, 0.717) is 158 Å². The molecule has 0 aliphatic carbocycles. The molecular formula is C116H70F6N18. The van der Waals surface area contributed by atoms with E-state index < -0.39 is 23.5 Å². The smallest absolute Gasteiger partial charge is 0.308 e. The van der Waals surface area contributed by atoms with Gasteiger partial charge >= 0.3 is 12.4 Å². The van der Waals surface area contributed by atoms with Crippen molar-refractivity contribution >= 4 is 87.2 Å². The van der Waals surface area contributed by atoms with E-state index in [1.54, 1.807) is 76.2 Å². The average molecular weight is 1830 g/mol. The van der Waals surface area contributed by atoms with Gasteiger partial charge in [0.15, 0.2) is 46.6 Å². The van der Waals surface area contributed by atoms with Crippen LogP contribution in [0.3, 0.4) is 0 Å². The molecule has 24 aromatic rings. The maximum Gasteiger partial charge on any atom is 0.417 e. The lowest BCUT2D eigenvalue weighted by Gasteiger charge is -2.21. The molecule has 24 heteroatoms. The molecule has 18 nitrogen and oxygen atoms in total. The SMILES string of the molecule is Cc1nc(C)nc(-c2ccc3c(c2)c2ccccc2n3-c2cc(-c3ccc(-c4ccc5c(c4)c4ccc(-c6nc(-c7ccccc7)nc(-c7ccccc7)n6)cc4n5-c4cc(-c5ccccc5C(F)(F)F)cc(-n5c6ccccc6c6ccc(-c7nc(-c8ccccc8)nc(-c8ccccc8)n7)cc65)c4C#N)cc3C(F)(F)F)cc(-n3c4ccccc4c4cc(-c5nc(C)nc(C)n5)ccc43)c2C#N)n1. The van der Waals surface area contributed by atoms with E-state index in [2.05, 4.69) is 22.1 Å². The lowest BCUT2D eigenvalue weighted by molar-refractivity contribution is -0.137. The molecule has 24 rings (SSSR count). The van der Waals surface area contributed by atoms with Crippen molar-refractivity contribution in [3.05, 3.63) is 397 Å². The van der Waals surface area contributed by atoms with Crippen LogP contribution in [-0.4, -0.2) is 78.1 Å². The minimum absolute atomic E-state index is 0.0249. The fourth-order valence-corrected chi connectivity index (χ4v) is 19.7. The van der Waals surface area contributed by atoms with E-state index in [0.717, 1.165) is 55.6 Å². The molecule has 0 aliphatic heterocycles. The molecule has 8 heterocycles. The van der Waals surface area contributed by atoms with E-state index in [9.17, 15) is 10.5 Å². The number of rotatable bonds is 15. The minimum atomic E-state index is -5.06. The van der Waals surface area contributed by atoms with Gasteiger partial charge in [0.25, 0.3) is 0 Å². The van der Waals surface area contributed by atoms with Gasteiger partial charge in [-0.2, -0.15) is 36.9 Å². The Kier molecular flexibility index (Phi) is 20.0. The van der Waals surface area contributed by atoms with Gasteiger partial charge in [-0.05, 0) is 176 Å². The first-order valence-electron chi connectivity index (χ1n) is 45.1. The number of hydrogen-bond donors (Lipinski definition) is 0. The van der Waals surface area contributed by atoms with Crippen LogP contribution in [0.5, 0.6) is 0 Å². The maximum absolute atomic E-state index is 17.3. The molecule has 666 valence electrons. The molecule has 0 unspecified atom stereocenters. The number of aryl methyl sites for hydroxylation is 4. The Labute approximate surface area is 794 Å². The van der Waals surface area contributed by atoms with Gasteiger partial charge in [0.2, 0.25) is 0 Å². The Morgan fingerprint density at radius 3 is 0.829 bits per heavy atom. The number of aromatic nitrogens is 16. The summed E-state index contributed by atoms with van der Waals surface area (Å²) in [4.78, 5) is 58.3. The van der Waals surface area contributed by atoms with Crippen molar-refractivity contribution in [1.29, 1.82) is 10.5 Å². The molecule has 0 amide bonds.